The predicted octanol–water partition coefficient (Wildman–Crippen LogP) is 2.46. The third-order valence-corrected chi connectivity index (χ3v) is 5.76. The lowest BCUT2D eigenvalue weighted by Crippen LogP contribution is -2.26. The van der Waals surface area contributed by atoms with Gasteiger partial charge in [-0.1, -0.05) is 23.9 Å². The number of rotatable bonds is 6. The normalized spacial score (nSPS) is 12.1. The zero-order valence-electron chi connectivity index (χ0n) is 13.0. The molecule has 0 aliphatic heterocycles. The van der Waals surface area contributed by atoms with Crippen molar-refractivity contribution in [2.45, 2.75) is 22.1 Å². The Morgan fingerprint density at radius 2 is 1.75 bits per heavy atom. The molecule has 9 heteroatoms. The highest BCUT2D eigenvalue weighted by Gasteiger charge is 2.18. The van der Waals surface area contributed by atoms with Crippen LogP contribution in [-0.4, -0.2) is 37.1 Å². The second kappa shape index (κ2) is 7.45. The van der Waals surface area contributed by atoms with Crippen LogP contribution in [0.4, 0.5) is 8.78 Å². The molecule has 0 N–H and O–H groups in total. The first-order chi connectivity index (χ1) is 11.2. The summed E-state index contributed by atoms with van der Waals surface area (Å²) in [4.78, 5) is 12.4. The van der Waals surface area contributed by atoms with E-state index in [-0.39, 0.29) is 17.0 Å². The van der Waals surface area contributed by atoms with Crippen LogP contribution in [0.1, 0.15) is 5.56 Å². The summed E-state index contributed by atoms with van der Waals surface area (Å²) >= 11 is 0.439. The molecular formula is C15H16F2N2O3S2. The van der Waals surface area contributed by atoms with Gasteiger partial charge in [0.05, 0.1) is 11.4 Å². The SMILES string of the molecule is CN(C)S(=O)(=O)c1ccc(=O)n(Cc2ccc(SC(F)F)cc2)c1. The van der Waals surface area contributed by atoms with Gasteiger partial charge < -0.3 is 4.57 Å². The van der Waals surface area contributed by atoms with Crippen LogP contribution in [0.15, 0.2) is 57.2 Å². The first kappa shape index (κ1) is 18.6. The number of aromatic nitrogens is 1. The molecule has 0 fully saturated rings. The van der Waals surface area contributed by atoms with Crippen LogP contribution in [-0.2, 0) is 16.6 Å². The van der Waals surface area contributed by atoms with Crippen molar-refractivity contribution in [3.63, 3.8) is 0 Å². The van der Waals surface area contributed by atoms with Crippen molar-refractivity contribution >= 4 is 21.8 Å². The van der Waals surface area contributed by atoms with Gasteiger partial charge in [-0.05, 0) is 23.8 Å². The van der Waals surface area contributed by atoms with E-state index in [0.29, 0.717) is 22.2 Å². The number of hydrogen-bond donors (Lipinski definition) is 0. The van der Waals surface area contributed by atoms with Crippen molar-refractivity contribution in [1.82, 2.24) is 8.87 Å². The number of hydrogen-bond acceptors (Lipinski definition) is 4. The number of halogens is 2. The summed E-state index contributed by atoms with van der Waals surface area (Å²) < 4.78 is 51.2. The Morgan fingerprint density at radius 1 is 1.12 bits per heavy atom. The lowest BCUT2D eigenvalue weighted by Gasteiger charge is -2.13. The van der Waals surface area contributed by atoms with E-state index in [0.717, 1.165) is 4.31 Å². The molecule has 1 aromatic carbocycles. The van der Waals surface area contributed by atoms with Gasteiger partial charge in [0.15, 0.2) is 0 Å². The van der Waals surface area contributed by atoms with Crippen LogP contribution in [0.3, 0.4) is 0 Å². The average molecular weight is 374 g/mol. The molecule has 0 saturated heterocycles. The number of sulfonamides is 1. The number of alkyl halides is 2. The molecule has 5 nitrogen and oxygen atoms in total. The van der Waals surface area contributed by atoms with Gasteiger partial charge in [0.25, 0.3) is 11.3 Å². The Labute approximate surface area is 143 Å². The van der Waals surface area contributed by atoms with Gasteiger partial charge >= 0.3 is 0 Å². The molecule has 0 radical (unpaired) electrons. The van der Waals surface area contributed by atoms with Crippen molar-refractivity contribution < 1.29 is 17.2 Å². The third kappa shape index (κ3) is 4.43. The van der Waals surface area contributed by atoms with Gasteiger partial charge in [0.2, 0.25) is 10.0 Å². The maximum atomic E-state index is 12.3. The Kier molecular flexibility index (Phi) is 5.79. The number of pyridine rings is 1. The average Bonchev–Trinajstić information content (AvgIpc) is 2.50. The van der Waals surface area contributed by atoms with Gasteiger partial charge in [-0.25, -0.2) is 12.7 Å². The molecule has 1 heterocycles. The fraction of sp³-hybridized carbons (Fsp3) is 0.267. The van der Waals surface area contributed by atoms with Crippen LogP contribution in [0, 0.1) is 0 Å². The molecule has 0 spiro atoms. The van der Waals surface area contributed by atoms with E-state index < -0.39 is 15.8 Å². The van der Waals surface area contributed by atoms with Crippen molar-refractivity contribution in [2.75, 3.05) is 14.1 Å². The molecule has 0 amide bonds. The molecule has 0 aliphatic rings. The maximum absolute atomic E-state index is 12.3. The van der Waals surface area contributed by atoms with Crippen LogP contribution >= 0.6 is 11.8 Å². The summed E-state index contributed by atoms with van der Waals surface area (Å²) in [5, 5.41) is 0. The van der Waals surface area contributed by atoms with Crippen molar-refractivity contribution in [1.29, 1.82) is 0 Å². The lowest BCUT2D eigenvalue weighted by molar-refractivity contribution is 0.252. The smallest absolute Gasteiger partial charge is 0.288 e. The molecular weight excluding hydrogens is 358 g/mol. The fourth-order valence-electron chi connectivity index (χ4n) is 1.97. The second-order valence-corrected chi connectivity index (χ2v) is 8.36. The van der Waals surface area contributed by atoms with Gasteiger partial charge in [-0.3, -0.25) is 4.79 Å². The van der Waals surface area contributed by atoms with E-state index in [1.807, 2.05) is 0 Å². The molecule has 0 saturated carbocycles. The van der Waals surface area contributed by atoms with Gasteiger partial charge in [0.1, 0.15) is 0 Å². The summed E-state index contributed by atoms with van der Waals surface area (Å²) in [5.41, 5.74) is 0.355. The second-order valence-electron chi connectivity index (χ2n) is 5.14. The van der Waals surface area contributed by atoms with Crippen LogP contribution in [0.2, 0.25) is 0 Å². The monoisotopic (exact) mass is 374 g/mol. The highest BCUT2D eigenvalue weighted by atomic mass is 32.2. The molecule has 24 heavy (non-hydrogen) atoms. The minimum Gasteiger partial charge on any atom is -0.310 e. The van der Waals surface area contributed by atoms with E-state index in [2.05, 4.69) is 0 Å². The largest absolute Gasteiger partial charge is 0.310 e. The van der Waals surface area contributed by atoms with Gasteiger partial charge in [-0.2, -0.15) is 8.78 Å². The summed E-state index contributed by atoms with van der Waals surface area (Å²) in [7, 11) is -0.828. The zero-order chi connectivity index (χ0) is 17.9. The zero-order valence-corrected chi connectivity index (χ0v) is 14.7. The lowest BCUT2D eigenvalue weighted by atomic mass is 10.2. The number of nitrogens with zero attached hydrogens (tertiary/aromatic N) is 2. The Hall–Kier alpha value is -1.71. The molecule has 130 valence electrons. The Balaban J connectivity index is 2.28. The van der Waals surface area contributed by atoms with Crippen molar-refractivity contribution in [2.24, 2.45) is 0 Å². The maximum Gasteiger partial charge on any atom is 0.288 e. The molecule has 0 bridgehead atoms. The molecule has 0 unspecified atom stereocenters. The van der Waals surface area contributed by atoms with E-state index >= 15 is 0 Å². The molecule has 1 aromatic heterocycles. The third-order valence-electron chi connectivity index (χ3n) is 3.24. The predicted molar refractivity (Wildman–Crippen MR) is 89.0 cm³/mol. The van der Waals surface area contributed by atoms with Crippen LogP contribution < -0.4 is 5.56 Å². The van der Waals surface area contributed by atoms with E-state index in [9.17, 15) is 22.0 Å². The quantitative estimate of drug-likeness (QED) is 0.729. The number of thioether (sulfide) groups is 1. The van der Waals surface area contributed by atoms with Gasteiger partial charge in [0, 0.05) is 31.3 Å². The van der Waals surface area contributed by atoms with E-state index in [1.54, 1.807) is 12.1 Å². The Bertz CT molecular complexity index is 863. The van der Waals surface area contributed by atoms with Crippen molar-refractivity contribution in [3.05, 3.63) is 58.5 Å². The fourth-order valence-corrected chi connectivity index (χ4v) is 3.39. The highest BCUT2D eigenvalue weighted by Crippen LogP contribution is 2.25. The first-order valence-corrected chi connectivity index (χ1v) is 9.19. The van der Waals surface area contributed by atoms with E-state index in [4.69, 9.17) is 0 Å². The summed E-state index contributed by atoms with van der Waals surface area (Å²) in [6, 6.07) is 8.79. The summed E-state index contributed by atoms with van der Waals surface area (Å²) in [5.74, 6) is -2.49. The molecule has 0 atom stereocenters. The minimum absolute atomic E-state index is 0.0111. The van der Waals surface area contributed by atoms with Crippen LogP contribution in [0.25, 0.3) is 0 Å². The summed E-state index contributed by atoms with van der Waals surface area (Å²) in [6.45, 7) is 0.148. The molecule has 2 rings (SSSR count). The van der Waals surface area contributed by atoms with E-state index in [1.165, 1.54) is 49.1 Å². The first-order valence-electron chi connectivity index (χ1n) is 6.87. The Morgan fingerprint density at radius 3 is 2.29 bits per heavy atom. The van der Waals surface area contributed by atoms with Gasteiger partial charge in [-0.15, -0.1) is 0 Å². The summed E-state index contributed by atoms with van der Waals surface area (Å²) in [6.07, 6.45) is 1.28. The molecule has 0 aliphatic carbocycles. The van der Waals surface area contributed by atoms with Crippen molar-refractivity contribution in [3.8, 4) is 0 Å². The highest BCUT2D eigenvalue weighted by molar-refractivity contribution is 7.99. The number of benzene rings is 1. The minimum atomic E-state index is -3.64. The van der Waals surface area contributed by atoms with Crippen LogP contribution in [0.5, 0.6) is 0 Å². The standard InChI is InChI=1S/C15H16F2N2O3S2/c1-18(2)24(21,22)13-7-8-14(20)19(10-13)9-11-3-5-12(6-4-11)23-15(16)17/h3-8,10,15H,9H2,1-2H3. The topological polar surface area (TPSA) is 59.4 Å². The molecule has 2 aromatic rings.